The van der Waals surface area contributed by atoms with Crippen molar-refractivity contribution in [3.63, 3.8) is 0 Å². The molecule has 0 bridgehead atoms. The summed E-state index contributed by atoms with van der Waals surface area (Å²) < 4.78 is 0. The van der Waals surface area contributed by atoms with Gasteiger partial charge in [-0.05, 0) is 49.9 Å². The molecule has 2 aromatic rings. The highest BCUT2D eigenvalue weighted by Crippen LogP contribution is 2.25. The van der Waals surface area contributed by atoms with Gasteiger partial charge in [0.15, 0.2) is 0 Å². The summed E-state index contributed by atoms with van der Waals surface area (Å²) in [5.74, 6) is 0.238. The molecule has 3 unspecified atom stereocenters. The summed E-state index contributed by atoms with van der Waals surface area (Å²) in [7, 11) is 0. The highest BCUT2D eigenvalue weighted by molar-refractivity contribution is 8.00. The quantitative estimate of drug-likeness (QED) is 0.628. The van der Waals surface area contributed by atoms with E-state index >= 15 is 0 Å². The third kappa shape index (κ3) is 5.52. The lowest BCUT2D eigenvalue weighted by Crippen LogP contribution is -2.64. The van der Waals surface area contributed by atoms with E-state index in [1.807, 2.05) is 32.0 Å². The third-order valence-corrected chi connectivity index (χ3v) is 7.48. The lowest BCUT2D eigenvalue weighted by atomic mass is 9.89. The van der Waals surface area contributed by atoms with Gasteiger partial charge in [0.05, 0.1) is 11.7 Å². The largest absolute Gasteiger partial charge is 0.331 e. The summed E-state index contributed by atoms with van der Waals surface area (Å²) in [5, 5.41) is 9.58. The summed E-state index contributed by atoms with van der Waals surface area (Å²) >= 11 is 1.43. The van der Waals surface area contributed by atoms with Crippen molar-refractivity contribution in [2.45, 2.75) is 45.3 Å². The molecule has 0 spiro atoms. The average molecular weight is 453 g/mol. The number of hydrogen-bond acceptors (Lipinski definition) is 5. The van der Waals surface area contributed by atoms with Crippen LogP contribution < -0.4 is 16.0 Å². The first-order chi connectivity index (χ1) is 15.4. The number of carbonyl (C=O) groups excluding carboxylic acids is 2. The van der Waals surface area contributed by atoms with E-state index in [0.29, 0.717) is 0 Å². The Morgan fingerprint density at radius 3 is 2.72 bits per heavy atom. The van der Waals surface area contributed by atoms with Gasteiger partial charge in [0, 0.05) is 31.4 Å². The van der Waals surface area contributed by atoms with Crippen LogP contribution in [0.1, 0.15) is 28.7 Å². The van der Waals surface area contributed by atoms with Crippen molar-refractivity contribution in [3.05, 3.63) is 64.7 Å². The summed E-state index contributed by atoms with van der Waals surface area (Å²) in [5.41, 5.74) is 5.37. The molecule has 0 radical (unpaired) electrons. The van der Waals surface area contributed by atoms with Crippen LogP contribution in [0, 0.1) is 26.7 Å². The number of rotatable bonds is 6. The molecule has 7 heteroatoms. The summed E-state index contributed by atoms with van der Waals surface area (Å²) in [6.07, 6.45) is 0.926. The van der Waals surface area contributed by atoms with Gasteiger partial charge in [0.1, 0.15) is 5.50 Å². The monoisotopic (exact) mass is 452 g/mol. The van der Waals surface area contributed by atoms with Crippen molar-refractivity contribution < 1.29 is 9.59 Å². The summed E-state index contributed by atoms with van der Waals surface area (Å²) in [6.45, 7) is 8.71. The fourth-order valence-corrected chi connectivity index (χ4v) is 5.23. The molecule has 2 aromatic carbocycles. The van der Waals surface area contributed by atoms with Crippen LogP contribution in [0.5, 0.6) is 0 Å². The maximum absolute atomic E-state index is 12.8. The Kier molecular flexibility index (Phi) is 7.18. The number of thioether (sulfide) groups is 1. The molecule has 0 aromatic heterocycles. The number of benzene rings is 2. The minimum absolute atomic E-state index is 0.0604. The van der Waals surface area contributed by atoms with Crippen LogP contribution in [0.3, 0.4) is 0 Å². The van der Waals surface area contributed by atoms with Crippen molar-refractivity contribution >= 4 is 29.3 Å². The number of fused-ring (bicyclic) bond motifs is 1. The zero-order chi connectivity index (χ0) is 22.7. The fraction of sp³-hybridized carbons (Fsp3) is 0.440. The lowest BCUT2D eigenvalue weighted by Gasteiger charge is -2.43. The minimum atomic E-state index is -0.239. The zero-order valence-electron chi connectivity index (χ0n) is 19.0. The highest BCUT2D eigenvalue weighted by Gasteiger charge is 2.39. The molecule has 32 heavy (non-hydrogen) atoms. The number of nitrogens with one attached hydrogen (secondary N) is 3. The molecule has 170 valence electrons. The number of anilines is 1. The second kappa shape index (κ2) is 10.1. The maximum Gasteiger partial charge on any atom is 0.234 e. The molecule has 0 saturated carbocycles. The van der Waals surface area contributed by atoms with Gasteiger partial charge in [-0.25, -0.2) is 0 Å². The standard InChI is InChI=1S/C25H32N4O2S/c1-16-7-9-19(10-8-16)13-29-12-11-22-20(14-29)24(31)28-25(27-22)32-15-23(30)26-21-6-4-5-17(2)18(21)3/h4-10,20,22,25,27H,11-15H2,1-3H3,(H,26,30)(H,28,31). The third-order valence-electron chi connectivity index (χ3n) is 6.46. The Morgan fingerprint density at radius 2 is 1.94 bits per heavy atom. The summed E-state index contributed by atoms with van der Waals surface area (Å²) in [6, 6.07) is 14.6. The molecule has 2 fully saturated rings. The Hall–Kier alpha value is -2.35. The number of amides is 2. The molecule has 4 rings (SSSR count). The lowest BCUT2D eigenvalue weighted by molar-refractivity contribution is -0.130. The van der Waals surface area contributed by atoms with Crippen LogP contribution in [0.4, 0.5) is 5.69 Å². The van der Waals surface area contributed by atoms with Crippen molar-refractivity contribution in [3.8, 4) is 0 Å². The average Bonchev–Trinajstić information content (AvgIpc) is 2.77. The molecular weight excluding hydrogens is 420 g/mol. The zero-order valence-corrected chi connectivity index (χ0v) is 19.8. The Morgan fingerprint density at radius 1 is 1.16 bits per heavy atom. The molecule has 6 nitrogen and oxygen atoms in total. The topological polar surface area (TPSA) is 73.5 Å². The van der Waals surface area contributed by atoms with E-state index in [1.54, 1.807) is 0 Å². The van der Waals surface area contributed by atoms with Gasteiger partial charge >= 0.3 is 0 Å². The van der Waals surface area contributed by atoms with Crippen LogP contribution in [0.25, 0.3) is 0 Å². The smallest absolute Gasteiger partial charge is 0.234 e. The van der Waals surface area contributed by atoms with Crippen LogP contribution in [-0.2, 0) is 16.1 Å². The van der Waals surface area contributed by atoms with E-state index in [4.69, 9.17) is 0 Å². The number of aryl methyl sites for hydroxylation is 2. The molecule has 0 aliphatic carbocycles. The first-order valence-corrected chi connectivity index (χ1v) is 12.3. The highest BCUT2D eigenvalue weighted by atomic mass is 32.2. The van der Waals surface area contributed by atoms with Gasteiger partial charge in [0.25, 0.3) is 0 Å². The predicted molar refractivity (Wildman–Crippen MR) is 130 cm³/mol. The fourth-order valence-electron chi connectivity index (χ4n) is 4.37. The van der Waals surface area contributed by atoms with E-state index in [0.717, 1.165) is 42.9 Å². The minimum Gasteiger partial charge on any atom is -0.331 e. The number of carbonyl (C=O) groups is 2. The molecule has 2 aliphatic heterocycles. The molecular formula is C25H32N4O2S. The number of nitrogens with zero attached hydrogens (tertiary/aromatic N) is 1. The Labute approximate surface area is 194 Å². The second-order valence-electron chi connectivity index (χ2n) is 8.88. The second-order valence-corrected chi connectivity index (χ2v) is 9.98. The van der Waals surface area contributed by atoms with Crippen molar-refractivity contribution in [1.29, 1.82) is 0 Å². The molecule has 2 saturated heterocycles. The van der Waals surface area contributed by atoms with Gasteiger partial charge in [-0.3, -0.25) is 19.8 Å². The first-order valence-electron chi connectivity index (χ1n) is 11.2. The van der Waals surface area contributed by atoms with Gasteiger partial charge in [-0.1, -0.05) is 42.0 Å². The number of likely N-dealkylation sites (tertiary alicyclic amines) is 1. The van der Waals surface area contributed by atoms with E-state index in [9.17, 15) is 9.59 Å². The Balaban J connectivity index is 1.26. The van der Waals surface area contributed by atoms with E-state index in [1.165, 1.54) is 22.9 Å². The van der Waals surface area contributed by atoms with Gasteiger partial charge in [-0.2, -0.15) is 0 Å². The molecule has 2 aliphatic rings. The SMILES string of the molecule is Cc1ccc(CN2CCC3NC(SCC(=O)Nc4cccc(C)c4C)NC(=O)C3C2)cc1. The van der Waals surface area contributed by atoms with Gasteiger partial charge < -0.3 is 10.6 Å². The van der Waals surface area contributed by atoms with Gasteiger partial charge in [-0.15, -0.1) is 11.8 Å². The van der Waals surface area contributed by atoms with Crippen LogP contribution in [0.2, 0.25) is 0 Å². The van der Waals surface area contributed by atoms with Crippen molar-refractivity contribution in [1.82, 2.24) is 15.5 Å². The first kappa shape index (κ1) is 22.8. The molecule has 3 atom stereocenters. The van der Waals surface area contributed by atoms with Crippen molar-refractivity contribution in [2.75, 3.05) is 24.2 Å². The molecule has 2 amide bonds. The molecule has 2 heterocycles. The molecule has 3 N–H and O–H groups in total. The number of hydrogen-bond donors (Lipinski definition) is 3. The Bertz CT molecular complexity index is 978. The van der Waals surface area contributed by atoms with E-state index in [-0.39, 0.29) is 35.0 Å². The van der Waals surface area contributed by atoms with Crippen LogP contribution in [-0.4, -0.2) is 47.1 Å². The van der Waals surface area contributed by atoms with Crippen molar-refractivity contribution in [2.24, 2.45) is 5.92 Å². The van der Waals surface area contributed by atoms with Crippen LogP contribution >= 0.6 is 11.8 Å². The maximum atomic E-state index is 12.8. The normalized spacial score (nSPS) is 23.3. The number of piperidine rings is 1. The predicted octanol–water partition coefficient (Wildman–Crippen LogP) is 3.18. The van der Waals surface area contributed by atoms with E-state index in [2.05, 4.69) is 52.0 Å². The van der Waals surface area contributed by atoms with E-state index < -0.39 is 0 Å². The van der Waals surface area contributed by atoms with Gasteiger partial charge in [0.2, 0.25) is 11.8 Å². The van der Waals surface area contributed by atoms with Crippen LogP contribution in [0.15, 0.2) is 42.5 Å². The summed E-state index contributed by atoms with van der Waals surface area (Å²) in [4.78, 5) is 27.6.